The van der Waals surface area contributed by atoms with Gasteiger partial charge in [0.05, 0.1) is 6.10 Å². The number of hydrogen-bond donors (Lipinski definition) is 2. The van der Waals surface area contributed by atoms with Gasteiger partial charge in [-0.3, -0.25) is 4.79 Å². The Morgan fingerprint density at radius 1 is 1.53 bits per heavy atom. The zero-order valence-electron chi connectivity index (χ0n) is 7.93. The van der Waals surface area contributed by atoms with E-state index in [0.29, 0.717) is 17.0 Å². The molecule has 1 aliphatic heterocycles. The van der Waals surface area contributed by atoms with E-state index in [-0.39, 0.29) is 22.2 Å². The van der Waals surface area contributed by atoms with E-state index in [4.69, 9.17) is 5.11 Å². The molecule has 1 aromatic rings. The fourth-order valence-electron chi connectivity index (χ4n) is 1.37. The number of sulfonamides is 1. The Bertz CT molecular complexity index is 523. The molecule has 0 saturated carbocycles. The van der Waals surface area contributed by atoms with Crippen molar-refractivity contribution in [2.45, 2.75) is 17.2 Å². The summed E-state index contributed by atoms with van der Waals surface area (Å²) in [7, 11) is -3.58. The lowest BCUT2D eigenvalue weighted by atomic mass is 10.2. The highest BCUT2D eigenvalue weighted by atomic mass is 32.2. The Balaban J connectivity index is 2.38. The summed E-state index contributed by atoms with van der Waals surface area (Å²) >= 11 is 0.678. The van der Waals surface area contributed by atoms with E-state index in [2.05, 4.69) is 4.98 Å². The van der Waals surface area contributed by atoms with Crippen molar-refractivity contribution in [3.8, 4) is 0 Å². The van der Waals surface area contributed by atoms with Gasteiger partial charge in [-0.25, -0.2) is 8.42 Å². The summed E-state index contributed by atoms with van der Waals surface area (Å²) in [4.78, 5) is 13.0. The molecule has 0 bridgehead atoms. The van der Waals surface area contributed by atoms with Gasteiger partial charge in [-0.1, -0.05) is 11.3 Å². The van der Waals surface area contributed by atoms with Gasteiger partial charge in [-0.15, -0.1) is 0 Å². The summed E-state index contributed by atoms with van der Waals surface area (Å²) in [6.07, 6.45) is -0.587. The number of aromatic amines is 1. The third-order valence-electron chi connectivity index (χ3n) is 2.18. The predicted molar refractivity (Wildman–Crippen MR) is 54.4 cm³/mol. The molecule has 0 atom stereocenters. The van der Waals surface area contributed by atoms with Crippen LogP contribution in [0.4, 0.5) is 0 Å². The second-order valence-electron chi connectivity index (χ2n) is 3.40. The summed E-state index contributed by atoms with van der Waals surface area (Å²) < 4.78 is 24.9. The average Bonchev–Trinajstić information content (AvgIpc) is 2.40. The number of hydrogen-bond acceptors (Lipinski definition) is 5. The maximum atomic E-state index is 11.9. The number of rotatable bonds is 2. The molecule has 0 aliphatic carbocycles. The molecule has 1 saturated heterocycles. The third-order valence-corrected chi connectivity index (χ3v) is 5.60. The van der Waals surface area contributed by atoms with Crippen LogP contribution in [0, 0.1) is 6.92 Å². The molecule has 0 radical (unpaired) electrons. The fraction of sp³-hybridized carbons (Fsp3) is 0.571. The van der Waals surface area contributed by atoms with Gasteiger partial charge in [0.15, 0.2) is 4.21 Å². The second-order valence-corrected chi connectivity index (χ2v) is 6.52. The van der Waals surface area contributed by atoms with Crippen LogP contribution in [-0.2, 0) is 10.0 Å². The molecule has 1 aliphatic rings. The van der Waals surface area contributed by atoms with Crippen molar-refractivity contribution in [1.29, 1.82) is 0 Å². The van der Waals surface area contributed by atoms with E-state index in [1.54, 1.807) is 6.92 Å². The van der Waals surface area contributed by atoms with E-state index in [1.165, 1.54) is 0 Å². The van der Waals surface area contributed by atoms with Crippen molar-refractivity contribution in [3.63, 3.8) is 0 Å². The number of aromatic nitrogens is 1. The Morgan fingerprint density at radius 3 is 2.53 bits per heavy atom. The molecule has 2 rings (SSSR count). The van der Waals surface area contributed by atoms with E-state index in [9.17, 15) is 13.2 Å². The van der Waals surface area contributed by atoms with E-state index in [1.807, 2.05) is 0 Å². The molecule has 15 heavy (non-hydrogen) atoms. The highest BCUT2D eigenvalue weighted by molar-refractivity contribution is 7.91. The molecule has 0 amide bonds. The lowest BCUT2D eigenvalue weighted by Gasteiger charge is -2.34. The number of β-amino-alcohol motifs (C(OH)–C–C–N with tert-alkyl or cyclic N) is 1. The van der Waals surface area contributed by atoms with Gasteiger partial charge in [-0.05, 0) is 6.92 Å². The largest absolute Gasteiger partial charge is 0.390 e. The molecule has 0 aromatic carbocycles. The minimum Gasteiger partial charge on any atom is -0.390 e. The van der Waals surface area contributed by atoms with Crippen LogP contribution in [0.25, 0.3) is 0 Å². The molecular weight excluding hydrogens is 240 g/mol. The molecule has 1 fully saturated rings. The Morgan fingerprint density at radius 2 is 2.13 bits per heavy atom. The summed E-state index contributed by atoms with van der Waals surface area (Å²) in [5.74, 6) is 0. The Kier molecular flexibility index (Phi) is 2.45. The normalized spacial score (nSPS) is 19.1. The third kappa shape index (κ3) is 1.73. The van der Waals surface area contributed by atoms with Gasteiger partial charge < -0.3 is 10.1 Å². The van der Waals surface area contributed by atoms with E-state index < -0.39 is 16.1 Å². The van der Waals surface area contributed by atoms with Crippen LogP contribution in [0.3, 0.4) is 0 Å². The van der Waals surface area contributed by atoms with Crippen LogP contribution < -0.4 is 4.87 Å². The van der Waals surface area contributed by atoms with Gasteiger partial charge in [0.25, 0.3) is 10.0 Å². The van der Waals surface area contributed by atoms with Crippen LogP contribution in [0.15, 0.2) is 9.00 Å². The topological polar surface area (TPSA) is 90.5 Å². The standard InChI is InChI=1S/C7H10N2O4S2/c1-4-6(14-7(11)8-4)15(12,13)9-2-5(10)3-9/h5,10H,2-3H2,1H3,(H,8,11). The van der Waals surface area contributed by atoms with E-state index in [0.717, 1.165) is 4.31 Å². The average molecular weight is 250 g/mol. The van der Waals surface area contributed by atoms with Crippen LogP contribution in [0.2, 0.25) is 0 Å². The highest BCUT2D eigenvalue weighted by Gasteiger charge is 2.37. The van der Waals surface area contributed by atoms with Crippen molar-refractivity contribution in [2.75, 3.05) is 13.1 Å². The van der Waals surface area contributed by atoms with Gasteiger partial charge >= 0.3 is 4.87 Å². The maximum absolute atomic E-state index is 11.9. The Labute approximate surface area is 90.2 Å². The SMILES string of the molecule is Cc1[nH]c(=O)sc1S(=O)(=O)N1CC(O)C1. The predicted octanol–water partition coefficient (Wildman–Crippen LogP) is -0.890. The van der Waals surface area contributed by atoms with Crippen molar-refractivity contribution in [3.05, 3.63) is 15.4 Å². The summed E-state index contributed by atoms with van der Waals surface area (Å²) in [5.41, 5.74) is 0.353. The monoisotopic (exact) mass is 250 g/mol. The zero-order chi connectivity index (χ0) is 11.2. The number of thiazole rings is 1. The molecule has 1 aromatic heterocycles. The first-order valence-electron chi connectivity index (χ1n) is 4.29. The van der Waals surface area contributed by atoms with Crippen molar-refractivity contribution >= 4 is 21.4 Å². The zero-order valence-corrected chi connectivity index (χ0v) is 9.56. The number of aliphatic hydroxyl groups excluding tert-OH is 1. The molecule has 84 valence electrons. The van der Waals surface area contributed by atoms with Crippen LogP contribution in [-0.4, -0.2) is 42.0 Å². The number of nitrogens with one attached hydrogen (secondary N) is 1. The van der Waals surface area contributed by atoms with Gasteiger partial charge in [0.2, 0.25) is 0 Å². The van der Waals surface area contributed by atoms with Gasteiger partial charge in [0.1, 0.15) is 0 Å². The summed E-state index contributed by atoms with van der Waals surface area (Å²) in [5, 5.41) is 9.03. The first-order valence-corrected chi connectivity index (χ1v) is 6.55. The highest BCUT2D eigenvalue weighted by Crippen LogP contribution is 2.24. The number of aryl methyl sites for hydroxylation is 1. The number of H-pyrrole nitrogens is 1. The van der Waals surface area contributed by atoms with Gasteiger partial charge in [-0.2, -0.15) is 4.31 Å². The first kappa shape index (κ1) is 10.8. The quantitative estimate of drug-likeness (QED) is 0.712. The molecule has 0 spiro atoms. The van der Waals surface area contributed by atoms with Crippen LogP contribution >= 0.6 is 11.3 Å². The van der Waals surface area contributed by atoms with E-state index >= 15 is 0 Å². The molecule has 0 unspecified atom stereocenters. The molecule has 2 heterocycles. The van der Waals surface area contributed by atoms with Crippen molar-refractivity contribution < 1.29 is 13.5 Å². The number of aliphatic hydroxyl groups is 1. The molecule has 2 N–H and O–H groups in total. The smallest absolute Gasteiger partial charge is 0.305 e. The first-order chi connectivity index (χ1) is 6.91. The van der Waals surface area contributed by atoms with Crippen LogP contribution in [0.1, 0.15) is 5.69 Å². The lowest BCUT2D eigenvalue weighted by Crippen LogP contribution is -2.53. The minimum absolute atomic E-state index is 0.0411. The minimum atomic E-state index is -3.58. The van der Waals surface area contributed by atoms with Crippen molar-refractivity contribution in [2.24, 2.45) is 0 Å². The van der Waals surface area contributed by atoms with Crippen LogP contribution in [0.5, 0.6) is 0 Å². The van der Waals surface area contributed by atoms with Crippen molar-refractivity contribution in [1.82, 2.24) is 9.29 Å². The fourth-order valence-corrected chi connectivity index (χ4v) is 4.32. The second kappa shape index (κ2) is 3.41. The summed E-state index contributed by atoms with van der Waals surface area (Å²) in [6, 6.07) is 0. The maximum Gasteiger partial charge on any atom is 0.305 e. The molecule has 8 heteroatoms. The number of nitrogens with zero attached hydrogens (tertiary/aromatic N) is 1. The lowest BCUT2D eigenvalue weighted by molar-refractivity contribution is 0.0549. The molecular formula is C7H10N2O4S2. The summed E-state index contributed by atoms with van der Waals surface area (Å²) in [6.45, 7) is 1.75. The molecule has 6 nitrogen and oxygen atoms in total. The van der Waals surface area contributed by atoms with Gasteiger partial charge in [0, 0.05) is 18.8 Å². The Hall–Kier alpha value is -0.700.